The minimum Gasteiger partial charge on any atom is -0.308 e. The van der Waals surface area contributed by atoms with E-state index in [1.807, 2.05) is 11.7 Å². The van der Waals surface area contributed by atoms with Crippen LogP contribution in [-0.4, -0.2) is 15.8 Å². The molecule has 0 amide bonds. The average molecular weight is 242 g/mol. The van der Waals surface area contributed by atoms with Crippen molar-refractivity contribution in [1.82, 2.24) is 15.1 Å². The van der Waals surface area contributed by atoms with E-state index < -0.39 is 0 Å². The first kappa shape index (κ1) is 11.9. The maximum absolute atomic E-state index is 6.28. The van der Waals surface area contributed by atoms with Gasteiger partial charge in [-0.2, -0.15) is 5.10 Å². The van der Waals surface area contributed by atoms with Crippen LogP contribution >= 0.6 is 11.6 Å². The van der Waals surface area contributed by atoms with Gasteiger partial charge in [0, 0.05) is 19.6 Å². The molecule has 4 heteroatoms. The normalized spacial score (nSPS) is 24.5. The van der Waals surface area contributed by atoms with Gasteiger partial charge in [0.1, 0.15) is 0 Å². The summed E-state index contributed by atoms with van der Waals surface area (Å²) in [6.45, 7) is 5.21. The Morgan fingerprint density at radius 2 is 2.19 bits per heavy atom. The van der Waals surface area contributed by atoms with E-state index in [0.29, 0.717) is 6.04 Å². The minimum absolute atomic E-state index is 0.672. The largest absolute Gasteiger partial charge is 0.308 e. The Balaban J connectivity index is 1.96. The zero-order valence-electron chi connectivity index (χ0n) is 10.3. The van der Waals surface area contributed by atoms with Gasteiger partial charge in [-0.25, -0.2) is 0 Å². The molecule has 1 aromatic rings. The first-order valence-electron chi connectivity index (χ1n) is 6.05. The molecule has 0 aromatic carbocycles. The third-order valence-electron chi connectivity index (χ3n) is 3.43. The molecular weight excluding hydrogens is 222 g/mol. The fourth-order valence-corrected chi connectivity index (χ4v) is 2.68. The van der Waals surface area contributed by atoms with E-state index in [1.54, 1.807) is 0 Å². The van der Waals surface area contributed by atoms with Crippen LogP contribution in [0.4, 0.5) is 0 Å². The van der Waals surface area contributed by atoms with Gasteiger partial charge in [-0.1, -0.05) is 25.4 Å². The van der Waals surface area contributed by atoms with Crippen molar-refractivity contribution in [2.45, 2.75) is 45.7 Å². The maximum atomic E-state index is 6.28. The van der Waals surface area contributed by atoms with Crippen LogP contribution in [0.15, 0.2) is 0 Å². The molecule has 1 aliphatic rings. The molecule has 0 spiro atoms. The Bertz CT molecular complexity index is 367. The van der Waals surface area contributed by atoms with Crippen LogP contribution in [-0.2, 0) is 20.0 Å². The molecule has 0 unspecified atom stereocenters. The monoisotopic (exact) mass is 241 g/mol. The summed E-state index contributed by atoms with van der Waals surface area (Å²) in [4.78, 5) is 0. The summed E-state index contributed by atoms with van der Waals surface area (Å²) in [6, 6.07) is 0.672. The molecule has 0 bridgehead atoms. The first-order chi connectivity index (χ1) is 7.61. The zero-order valence-corrected chi connectivity index (χ0v) is 11.0. The summed E-state index contributed by atoms with van der Waals surface area (Å²) < 4.78 is 1.90. The number of rotatable bonds is 4. The van der Waals surface area contributed by atoms with Gasteiger partial charge in [-0.05, 0) is 25.2 Å². The lowest BCUT2D eigenvalue weighted by molar-refractivity contribution is 0.239. The smallest absolute Gasteiger partial charge is 0.0863 e. The maximum Gasteiger partial charge on any atom is 0.0863 e. The summed E-state index contributed by atoms with van der Waals surface area (Å²) in [6.07, 6.45) is 3.47. The molecule has 16 heavy (non-hydrogen) atoms. The zero-order chi connectivity index (χ0) is 11.7. The minimum atomic E-state index is 0.672. The summed E-state index contributed by atoms with van der Waals surface area (Å²) >= 11 is 6.28. The SMILES string of the molecule is CCc1nn(C)c(CNC2CC(C)C2)c1Cl. The van der Waals surface area contributed by atoms with Crippen molar-refractivity contribution in [1.29, 1.82) is 0 Å². The average Bonchev–Trinajstić information content (AvgIpc) is 2.48. The van der Waals surface area contributed by atoms with Gasteiger partial charge in [0.2, 0.25) is 0 Å². The first-order valence-corrected chi connectivity index (χ1v) is 6.43. The molecule has 1 heterocycles. The third-order valence-corrected chi connectivity index (χ3v) is 3.87. The third kappa shape index (κ3) is 2.25. The van der Waals surface area contributed by atoms with Crippen LogP contribution in [0.25, 0.3) is 0 Å². The Labute approximate surface area is 102 Å². The van der Waals surface area contributed by atoms with E-state index in [-0.39, 0.29) is 0 Å². The number of nitrogens with zero attached hydrogens (tertiary/aromatic N) is 2. The van der Waals surface area contributed by atoms with E-state index in [1.165, 1.54) is 12.8 Å². The van der Waals surface area contributed by atoms with Gasteiger partial charge in [-0.3, -0.25) is 4.68 Å². The fraction of sp³-hybridized carbons (Fsp3) is 0.750. The molecule has 0 atom stereocenters. The van der Waals surface area contributed by atoms with Crippen molar-refractivity contribution >= 4 is 11.6 Å². The Hall–Kier alpha value is -0.540. The van der Waals surface area contributed by atoms with Crippen LogP contribution in [0.2, 0.25) is 5.02 Å². The van der Waals surface area contributed by atoms with Crippen molar-refractivity contribution in [3.63, 3.8) is 0 Å². The molecule has 0 saturated heterocycles. The van der Waals surface area contributed by atoms with Crippen LogP contribution < -0.4 is 5.32 Å². The van der Waals surface area contributed by atoms with Gasteiger partial charge < -0.3 is 5.32 Å². The van der Waals surface area contributed by atoms with Crippen LogP contribution in [0, 0.1) is 5.92 Å². The molecule has 3 nitrogen and oxygen atoms in total. The molecule has 0 radical (unpaired) electrons. The number of hydrogen-bond donors (Lipinski definition) is 1. The van der Waals surface area contributed by atoms with Crippen molar-refractivity contribution in [2.24, 2.45) is 13.0 Å². The van der Waals surface area contributed by atoms with Crippen LogP contribution in [0.5, 0.6) is 0 Å². The second-order valence-corrected chi connectivity index (χ2v) is 5.22. The quantitative estimate of drug-likeness (QED) is 0.878. The van der Waals surface area contributed by atoms with Crippen molar-refractivity contribution in [3.8, 4) is 0 Å². The number of aromatic nitrogens is 2. The fourth-order valence-electron chi connectivity index (χ4n) is 2.32. The molecule has 0 aliphatic heterocycles. The lowest BCUT2D eigenvalue weighted by Crippen LogP contribution is -2.39. The van der Waals surface area contributed by atoms with E-state index in [2.05, 4.69) is 24.3 Å². The predicted octanol–water partition coefficient (Wildman–Crippen LogP) is 2.52. The summed E-state index contributed by atoms with van der Waals surface area (Å²) in [7, 11) is 1.96. The van der Waals surface area contributed by atoms with E-state index in [0.717, 1.165) is 35.3 Å². The molecule has 2 rings (SSSR count). The lowest BCUT2D eigenvalue weighted by Gasteiger charge is -2.33. The predicted molar refractivity (Wildman–Crippen MR) is 66.6 cm³/mol. The molecular formula is C12H20ClN3. The van der Waals surface area contributed by atoms with Crippen molar-refractivity contribution < 1.29 is 0 Å². The van der Waals surface area contributed by atoms with Crippen molar-refractivity contribution in [3.05, 3.63) is 16.4 Å². The highest BCUT2D eigenvalue weighted by Crippen LogP contribution is 2.27. The Morgan fingerprint density at radius 3 is 2.69 bits per heavy atom. The molecule has 1 saturated carbocycles. The van der Waals surface area contributed by atoms with Gasteiger partial charge in [-0.15, -0.1) is 0 Å². The Kier molecular flexibility index (Phi) is 3.55. The topological polar surface area (TPSA) is 29.9 Å². The summed E-state index contributed by atoms with van der Waals surface area (Å²) in [5.41, 5.74) is 2.11. The van der Waals surface area contributed by atoms with Crippen LogP contribution in [0.3, 0.4) is 0 Å². The number of hydrogen-bond acceptors (Lipinski definition) is 2. The van der Waals surface area contributed by atoms with Gasteiger partial charge in [0.05, 0.1) is 16.4 Å². The molecule has 1 fully saturated rings. The Morgan fingerprint density at radius 1 is 1.50 bits per heavy atom. The highest BCUT2D eigenvalue weighted by atomic mass is 35.5. The number of nitrogens with one attached hydrogen (secondary N) is 1. The molecule has 1 aliphatic carbocycles. The molecule has 1 aromatic heterocycles. The van der Waals surface area contributed by atoms with Crippen LogP contribution in [0.1, 0.15) is 38.1 Å². The second kappa shape index (κ2) is 4.76. The number of aryl methyl sites for hydroxylation is 2. The van der Waals surface area contributed by atoms with Gasteiger partial charge >= 0.3 is 0 Å². The number of halogens is 1. The standard InChI is InChI=1S/C12H20ClN3/c1-4-10-12(13)11(16(3)15-10)7-14-9-5-8(2)6-9/h8-9,14H,4-7H2,1-3H3. The van der Waals surface area contributed by atoms with Gasteiger partial charge in [0.15, 0.2) is 0 Å². The van der Waals surface area contributed by atoms with Gasteiger partial charge in [0.25, 0.3) is 0 Å². The van der Waals surface area contributed by atoms with Crippen molar-refractivity contribution in [2.75, 3.05) is 0 Å². The summed E-state index contributed by atoms with van der Waals surface area (Å²) in [5, 5.41) is 8.79. The lowest BCUT2D eigenvalue weighted by atomic mass is 9.82. The van der Waals surface area contributed by atoms with E-state index >= 15 is 0 Å². The highest BCUT2D eigenvalue weighted by molar-refractivity contribution is 6.31. The summed E-state index contributed by atoms with van der Waals surface area (Å²) in [5.74, 6) is 0.880. The van der Waals surface area contributed by atoms with E-state index in [4.69, 9.17) is 11.6 Å². The molecule has 1 N–H and O–H groups in total. The second-order valence-electron chi connectivity index (χ2n) is 4.84. The van der Waals surface area contributed by atoms with E-state index in [9.17, 15) is 0 Å². The highest BCUT2D eigenvalue weighted by Gasteiger charge is 2.25. The molecule has 90 valence electrons.